The van der Waals surface area contributed by atoms with Gasteiger partial charge in [0.25, 0.3) is 5.56 Å². The Bertz CT molecular complexity index is 1080. The van der Waals surface area contributed by atoms with Crippen LogP contribution in [0.4, 0.5) is 0 Å². The van der Waals surface area contributed by atoms with E-state index in [9.17, 15) is 4.79 Å². The molecule has 0 saturated carbocycles. The number of nitrogens with one attached hydrogen (secondary N) is 2. The molecule has 4 aromatic heterocycles. The molecule has 0 aliphatic heterocycles. The van der Waals surface area contributed by atoms with Gasteiger partial charge in [0.1, 0.15) is 5.69 Å². The smallest absolute Gasteiger partial charge is 0.273 e. The molecule has 4 rings (SSSR count). The Morgan fingerprint density at radius 3 is 2.79 bits per heavy atom. The van der Waals surface area contributed by atoms with Gasteiger partial charge in [-0.1, -0.05) is 13.0 Å². The molecule has 4 aromatic rings. The fourth-order valence-corrected chi connectivity index (χ4v) is 3.74. The van der Waals surface area contributed by atoms with Crippen LogP contribution in [0.5, 0.6) is 0 Å². The van der Waals surface area contributed by atoms with Crippen LogP contribution in [-0.4, -0.2) is 24.8 Å². The largest absolute Gasteiger partial charge is 0.288 e. The maximum Gasteiger partial charge on any atom is 0.273 e. The number of fused-ring (bicyclic) bond motifs is 1. The van der Waals surface area contributed by atoms with E-state index in [1.165, 1.54) is 10.6 Å². The molecule has 0 aromatic carbocycles. The van der Waals surface area contributed by atoms with Gasteiger partial charge in [-0.05, 0) is 37.3 Å². The number of hydrogen-bond donors (Lipinski definition) is 2. The predicted molar refractivity (Wildman–Crippen MR) is 95.6 cm³/mol. The Labute approximate surface area is 142 Å². The lowest BCUT2D eigenvalue weighted by atomic mass is 10.1. The SMILES string of the molecule is CCc1[nH]nc(-c2cc(=O)n3[nH]c(-c4cccs4)c(C)c3n2)c1C. The van der Waals surface area contributed by atoms with Gasteiger partial charge >= 0.3 is 0 Å². The average molecular weight is 339 g/mol. The van der Waals surface area contributed by atoms with Gasteiger partial charge in [-0.2, -0.15) is 5.10 Å². The van der Waals surface area contributed by atoms with E-state index in [1.807, 2.05) is 31.4 Å². The normalized spacial score (nSPS) is 11.5. The van der Waals surface area contributed by atoms with E-state index in [-0.39, 0.29) is 5.56 Å². The summed E-state index contributed by atoms with van der Waals surface area (Å²) in [4.78, 5) is 18.3. The van der Waals surface area contributed by atoms with Crippen molar-refractivity contribution in [3.05, 3.63) is 50.8 Å². The number of aryl methyl sites for hydroxylation is 2. The first kappa shape index (κ1) is 14.9. The number of nitrogens with zero attached hydrogens (tertiary/aromatic N) is 3. The second kappa shape index (κ2) is 5.45. The van der Waals surface area contributed by atoms with Gasteiger partial charge in [-0.15, -0.1) is 11.3 Å². The summed E-state index contributed by atoms with van der Waals surface area (Å²) >= 11 is 1.63. The highest BCUT2D eigenvalue weighted by molar-refractivity contribution is 7.13. The molecular weight excluding hydrogens is 322 g/mol. The van der Waals surface area contributed by atoms with Crippen LogP contribution in [0.25, 0.3) is 27.6 Å². The Morgan fingerprint density at radius 2 is 2.12 bits per heavy atom. The Hall–Kier alpha value is -2.67. The molecule has 0 aliphatic carbocycles. The van der Waals surface area contributed by atoms with Crippen LogP contribution in [0.15, 0.2) is 28.4 Å². The van der Waals surface area contributed by atoms with E-state index < -0.39 is 0 Å². The van der Waals surface area contributed by atoms with E-state index in [4.69, 9.17) is 4.98 Å². The van der Waals surface area contributed by atoms with Crippen LogP contribution in [0, 0.1) is 13.8 Å². The maximum absolute atomic E-state index is 12.6. The number of thiophene rings is 1. The lowest BCUT2D eigenvalue weighted by molar-refractivity contribution is 0.903. The molecule has 0 spiro atoms. The first-order valence-corrected chi connectivity index (χ1v) is 8.68. The molecule has 0 amide bonds. The second-order valence-electron chi connectivity index (χ2n) is 5.76. The van der Waals surface area contributed by atoms with Crippen LogP contribution in [0.1, 0.15) is 23.7 Å². The third-order valence-corrected chi connectivity index (χ3v) is 5.21. The van der Waals surface area contributed by atoms with Gasteiger partial charge in [0.2, 0.25) is 0 Å². The number of hydrogen-bond acceptors (Lipinski definition) is 4. The number of aromatic nitrogens is 5. The first-order chi connectivity index (χ1) is 11.6. The van der Waals surface area contributed by atoms with E-state index in [0.29, 0.717) is 11.3 Å². The van der Waals surface area contributed by atoms with Crippen molar-refractivity contribution in [1.29, 1.82) is 0 Å². The van der Waals surface area contributed by atoms with E-state index in [1.54, 1.807) is 11.3 Å². The summed E-state index contributed by atoms with van der Waals surface area (Å²) < 4.78 is 1.50. The summed E-state index contributed by atoms with van der Waals surface area (Å²) in [5.41, 5.74) is 5.85. The summed E-state index contributed by atoms with van der Waals surface area (Å²) in [7, 11) is 0. The van der Waals surface area contributed by atoms with Gasteiger partial charge in [-0.25, -0.2) is 9.50 Å². The van der Waals surface area contributed by atoms with Gasteiger partial charge in [-0.3, -0.25) is 15.0 Å². The molecule has 24 heavy (non-hydrogen) atoms. The number of H-pyrrole nitrogens is 2. The van der Waals surface area contributed by atoms with Crippen molar-refractivity contribution in [2.45, 2.75) is 27.2 Å². The molecule has 2 N–H and O–H groups in total. The van der Waals surface area contributed by atoms with Crippen LogP contribution in [0.2, 0.25) is 0 Å². The number of rotatable bonds is 3. The fourth-order valence-electron chi connectivity index (χ4n) is 2.96. The van der Waals surface area contributed by atoms with Gasteiger partial charge in [0.15, 0.2) is 5.65 Å². The van der Waals surface area contributed by atoms with E-state index >= 15 is 0 Å². The zero-order valence-electron chi connectivity index (χ0n) is 13.7. The van der Waals surface area contributed by atoms with Crippen molar-refractivity contribution in [3.63, 3.8) is 0 Å². The van der Waals surface area contributed by atoms with Crippen molar-refractivity contribution < 1.29 is 0 Å². The van der Waals surface area contributed by atoms with Crippen molar-refractivity contribution in [2.75, 3.05) is 0 Å². The molecule has 0 atom stereocenters. The summed E-state index contributed by atoms with van der Waals surface area (Å²) in [6.45, 7) is 6.05. The molecule has 4 heterocycles. The molecule has 0 fully saturated rings. The lowest BCUT2D eigenvalue weighted by Crippen LogP contribution is -2.14. The second-order valence-corrected chi connectivity index (χ2v) is 6.70. The van der Waals surface area contributed by atoms with Crippen molar-refractivity contribution >= 4 is 17.0 Å². The topological polar surface area (TPSA) is 78.8 Å². The molecule has 6 nitrogen and oxygen atoms in total. The van der Waals surface area contributed by atoms with E-state index in [0.717, 1.165) is 39.5 Å². The minimum atomic E-state index is -0.138. The zero-order valence-corrected chi connectivity index (χ0v) is 14.5. The van der Waals surface area contributed by atoms with Crippen LogP contribution in [-0.2, 0) is 6.42 Å². The molecule has 0 unspecified atom stereocenters. The number of aromatic amines is 2. The van der Waals surface area contributed by atoms with Gasteiger partial charge < -0.3 is 0 Å². The van der Waals surface area contributed by atoms with Crippen molar-refractivity contribution in [3.8, 4) is 22.0 Å². The predicted octanol–water partition coefficient (Wildman–Crippen LogP) is 3.32. The zero-order chi connectivity index (χ0) is 16.8. The summed E-state index contributed by atoms with van der Waals surface area (Å²) in [6, 6.07) is 5.55. The molecule has 7 heteroatoms. The summed E-state index contributed by atoms with van der Waals surface area (Å²) in [6.07, 6.45) is 0.867. The lowest BCUT2D eigenvalue weighted by Gasteiger charge is -2.00. The Morgan fingerprint density at radius 1 is 1.29 bits per heavy atom. The average Bonchev–Trinajstić information content (AvgIpc) is 3.27. The molecule has 0 saturated heterocycles. The van der Waals surface area contributed by atoms with Crippen molar-refractivity contribution in [2.24, 2.45) is 0 Å². The van der Waals surface area contributed by atoms with E-state index in [2.05, 4.69) is 22.2 Å². The first-order valence-electron chi connectivity index (χ1n) is 7.80. The summed E-state index contributed by atoms with van der Waals surface area (Å²) in [5, 5.41) is 12.6. The fraction of sp³-hybridized carbons (Fsp3) is 0.235. The molecule has 0 radical (unpaired) electrons. The van der Waals surface area contributed by atoms with Gasteiger partial charge in [0, 0.05) is 17.3 Å². The van der Waals surface area contributed by atoms with Crippen LogP contribution >= 0.6 is 11.3 Å². The third kappa shape index (κ3) is 2.12. The Balaban J connectivity index is 1.95. The van der Waals surface area contributed by atoms with Crippen LogP contribution in [0.3, 0.4) is 0 Å². The van der Waals surface area contributed by atoms with Crippen LogP contribution < -0.4 is 5.56 Å². The third-order valence-electron chi connectivity index (χ3n) is 4.33. The van der Waals surface area contributed by atoms with Gasteiger partial charge in [0.05, 0.1) is 16.3 Å². The highest BCUT2D eigenvalue weighted by Crippen LogP contribution is 2.29. The summed E-state index contributed by atoms with van der Waals surface area (Å²) in [5.74, 6) is 0. The maximum atomic E-state index is 12.6. The molecule has 0 bridgehead atoms. The van der Waals surface area contributed by atoms with Crippen molar-refractivity contribution in [1.82, 2.24) is 24.8 Å². The minimum absolute atomic E-state index is 0.138. The minimum Gasteiger partial charge on any atom is -0.288 e. The molecule has 122 valence electrons. The molecular formula is C17H17N5OS. The highest BCUT2D eigenvalue weighted by Gasteiger charge is 2.17. The monoisotopic (exact) mass is 339 g/mol. The highest BCUT2D eigenvalue weighted by atomic mass is 32.1. The quantitative estimate of drug-likeness (QED) is 0.601. The molecule has 0 aliphatic rings. The standard InChI is InChI=1S/C17H17N5OS/c1-4-11-9(2)15(20-19-11)12-8-14(23)22-17(18-12)10(3)16(21-22)13-6-5-7-24-13/h5-8,21H,4H2,1-3H3,(H,19,20). The Kier molecular flexibility index (Phi) is 3.38.